The third-order valence-corrected chi connectivity index (χ3v) is 4.06. The van der Waals surface area contributed by atoms with E-state index >= 15 is 0 Å². The van der Waals surface area contributed by atoms with Crippen LogP contribution in [0.2, 0.25) is 0 Å². The molecule has 1 aliphatic heterocycles. The molecule has 3 unspecified atom stereocenters. The summed E-state index contributed by atoms with van der Waals surface area (Å²) in [6.45, 7) is 18.8. The minimum absolute atomic E-state index is 0.648. The van der Waals surface area contributed by atoms with Gasteiger partial charge >= 0.3 is 0 Å². The second-order valence-electron chi connectivity index (χ2n) is 6.10. The molecule has 1 heterocycles. The maximum atomic E-state index is 4.07. The molecule has 1 saturated heterocycles. The van der Waals surface area contributed by atoms with Crippen molar-refractivity contribution >= 4 is 0 Å². The predicted octanol–water partition coefficient (Wildman–Crippen LogP) is 2.91. The van der Waals surface area contributed by atoms with Gasteiger partial charge in [0.05, 0.1) is 0 Å². The Kier molecular flexibility index (Phi) is 5.68. The van der Waals surface area contributed by atoms with E-state index in [1.807, 2.05) is 0 Å². The van der Waals surface area contributed by atoms with E-state index in [-0.39, 0.29) is 0 Å². The third-order valence-electron chi connectivity index (χ3n) is 4.06. The molecule has 0 aromatic carbocycles. The van der Waals surface area contributed by atoms with E-state index in [4.69, 9.17) is 0 Å². The van der Waals surface area contributed by atoms with E-state index in [9.17, 15) is 0 Å². The van der Waals surface area contributed by atoms with Gasteiger partial charge in [0.2, 0.25) is 0 Å². The highest BCUT2D eigenvalue weighted by molar-refractivity contribution is 4.98. The first kappa shape index (κ1) is 14.7. The quantitative estimate of drug-likeness (QED) is 0.741. The zero-order chi connectivity index (χ0) is 13.0. The highest BCUT2D eigenvalue weighted by Crippen LogP contribution is 2.20. The van der Waals surface area contributed by atoms with Gasteiger partial charge in [0.15, 0.2) is 0 Å². The Bertz CT molecular complexity index is 247. The van der Waals surface area contributed by atoms with Gasteiger partial charge in [-0.3, -0.25) is 4.90 Å². The summed E-state index contributed by atoms with van der Waals surface area (Å²) in [5, 5.41) is 3.73. The highest BCUT2D eigenvalue weighted by Gasteiger charge is 2.31. The first-order valence-corrected chi connectivity index (χ1v) is 7.07. The van der Waals surface area contributed by atoms with Crippen LogP contribution in [0.3, 0.4) is 0 Å². The topological polar surface area (TPSA) is 15.3 Å². The molecule has 100 valence electrons. The third kappa shape index (κ3) is 4.11. The number of nitrogens with one attached hydrogen (secondary N) is 1. The van der Waals surface area contributed by atoms with Gasteiger partial charge in [-0.25, -0.2) is 0 Å². The van der Waals surface area contributed by atoms with Crippen molar-refractivity contribution in [2.24, 2.45) is 11.8 Å². The summed E-state index contributed by atoms with van der Waals surface area (Å²) in [7, 11) is 0. The summed E-state index contributed by atoms with van der Waals surface area (Å²) in [6.07, 6.45) is 1.25. The number of piperazine rings is 1. The number of rotatable bonds is 5. The van der Waals surface area contributed by atoms with E-state index in [1.165, 1.54) is 18.5 Å². The molecule has 1 rings (SSSR count). The summed E-state index contributed by atoms with van der Waals surface area (Å²) in [5.74, 6) is 1.47. The van der Waals surface area contributed by atoms with Gasteiger partial charge in [0.1, 0.15) is 0 Å². The van der Waals surface area contributed by atoms with E-state index in [2.05, 4.69) is 51.4 Å². The molecule has 0 aliphatic carbocycles. The molecule has 0 amide bonds. The van der Waals surface area contributed by atoms with Crippen LogP contribution in [0.1, 0.15) is 41.0 Å². The number of hydrogen-bond donors (Lipinski definition) is 1. The lowest BCUT2D eigenvalue weighted by atomic mass is 9.92. The molecule has 1 N–H and O–H groups in total. The van der Waals surface area contributed by atoms with Crippen LogP contribution in [0.5, 0.6) is 0 Å². The van der Waals surface area contributed by atoms with Crippen LogP contribution in [-0.4, -0.2) is 36.6 Å². The zero-order valence-corrected chi connectivity index (χ0v) is 12.3. The zero-order valence-electron chi connectivity index (χ0n) is 12.3. The van der Waals surface area contributed by atoms with E-state index < -0.39 is 0 Å². The lowest BCUT2D eigenvalue weighted by molar-refractivity contribution is 0.0911. The predicted molar refractivity (Wildman–Crippen MR) is 76.3 cm³/mol. The Labute approximate surface area is 107 Å². The molecule has 3 atom stereocenters. The lowest BCUT2D eigenvalue weighted by Gasteiger charge is -2.44. The Morgan fingerprint density at radius 2 is 2.06 bits per heavy atom. The van der Waals surface area contributed by atoms with Gasteiger partial charge < -0.3 is 5.32 Å². The molecule has 0 saturated carbocycles. The highest BCUT2D eigenvalue weighted by atomic mass is 15.2. The normalized spacial score (nSPS) is 28.4. The molecule has 2 heteroatoms. The van der Waals surface area contributed by atoms with Crippen LogP contribution in [0, 0.1) is 11.8 Å². The molecule has 0 bridgehead atoms. The average Bonchev–Trinajstić information content (AvgIpc) is 2.26. The molecule has 0 radical (unpaired) electrons. The Morgan fingerprint density at radius 3 is 2.53 bits per heavy atom. The van der Waals surface area contributed by atoms with Gasteiger partial charge in [-0.1, -0.05) is 46.3 Å². The second kappa shape index (κ2) is 6.55. The van der Waals surface area contributed by atoms with Gasteiger partial charge in [0.25, 0.3) is 0 Å². The molecular formula is C15H30N2. The molecule has 0 aromatic heterocycles. The Morgan fingerprint density at radius 1 is 1.41 bits per heavy atom. The van der Waals surface area contributed by atoms with E-state index in [1.54, 1.807) is 0 Å². The van der Waals surface area contributed by atoms with Crippen molar-refractivity contribution < 1.29 is 0 Å². The standard InChI is InChI=1S/C15H30N2/c1-7-13(6)14-10-17(9-11(2)3)15(8-16-14)12(4)5/h12-16H,2,7-10H2,1,3-6H3. The minimum Gasteiger partial charge on any atom is -0.311 e. The van der Waals surface area contributed by atoms with Crippen molar-refractivity contribution in [3.05, 3.63) is 12.2 Å². The van der Waals surface area contributed by atoms with Crippen LogP contribution >= 0.6 is 0 Å². The average molecular weight is 238 g/mol. The fraction of sp³-hybridized carbons (Fsp3) is 0.867. The molecule has 2 nitrogen and oxygen atoms in total. The van der Waals surface area contributed by atoms with Crippen LogP contribution in [0.25, 0.3) is 0 Å². The number of nitrogens with zero attached hydrogens (tertiary/aromatic N) is 1. The fourth-order valence-corrected chi connectivity index (χ4v) is 2.71. The monoisotopic (exact) mass is 238 g/mol. The van der Waals surface area contributed by atoms with Crippen molar-refractivity contribution in [1.29, 1.82) is 0 Å². The summed E-state index contributed by atoms with van der Waals surface area (Å²) in [5.41, 5.74) is 1.28. The van der Waals surface area contributed by atoms with Crippen molar-refractivity contribution in [2.45, 2.75) is 53.1 Å². The molecular weight excluding hydrogens is 208 g/mol. The number of hydrogen-bond acceptors (Lipinski definition) is 2. The van der Waals surface area contributed by atoms with Gasteiger partial charge in [-0.15, -0.1) is 0 Å². The minimum atomic E-state index is 0.648. The first-order chi connectivity index (χ1) is 7.95. The summed E-state index contributed by atoms with van der Waals surface area (Å²) in [4.78, 5) is 2.63. The van der Waals surface area contributed by atoms with E-state index in [0.29, 0.717) is 18.0 Å². The van der Waals surface area contributed by atoms with Crippen molar-refractivity contribution in [2.75, 3.05) is 19.6 Å². The van der Waals surface area contributed by atoms with Crippen molar-refractivity contribution in [3.63, 3.8) is 0 Å². The van der Waals surface area contributed by atoms with Crippen LogP contribution in [-0.2, 0) is 0 Å². The smallest absolute Gasteiger partial charge is 0.0247 e. The maximum absolute atomic E-state index is 4.07. The Balaban J connectivity index is 2.65. The van der Waals surface area contributed by atoms with Crippen LogP contribution in [0.15, 0.2) is 12.2 Å². The summed E-state index contributed by atoms with van der Waals surface area (Å²) >= 11 is 0. The SMILES string of the molecule is C=C(C)CN1CC(C(C)CC)NCC1C(C)C. The molecule has 1 fully saturated rings. The summed E-state index contributed by atoms with van der Waals surface area (Å²) < 4.78 is 0. The van der Waals surface area contributed by atoms with Gasteiger partial charge in [-0.2, -0.15) is 0 Å². The van der Waals surface area contributed by atoms with Crippen molar-refractivity contribution in [1.82, 2.24) is 10.2 Å². The lowest BCUT2D eigenvalue weighted by Crippen LogP contribution is -2.60. The molecule has 1 aliphatic rings. The van der Waals surface area contributed by atoms with Crippen LogP contribution in [0.4, 0.5) is 0 Å². The second-order valence-corrected chi connectivity index (χ2v) is 6.10. The van der Waals surface area contributed by atoms with Gasteiger partial charge in [0, 0.05) is 31.7 Å². The Hall–Kier alpha value is -0.340. The summed E-state index contributed by atoms with van der Waals surface area (Å²) in [6, 6.07) is 1.31. The maximum Gasteiger partial charge on any atom is 0.0247 e. The van der Waals surface area contributed by atoms with Crippen molar-refractivity contribution in [3.8, 4) is 0 Å². The fourth-order valence-electron chi connectivity index (χ4n) is 2.71. The van der Waals surface area contributed by atoms with Gasteiger partial charge in [-0.05, 0) is 18.8 Å². The van der Waals surface area contributed by atoms with E-state index in [0.717, 1.165) is 19.0 Å². The molecule has 0 spiro atoms. The molecule has 0 aromatic rings. The largest absolute Gasteiger partial charge is 0.311 e. The van der Waals surface area contributed by atoms with Crippen LogP contribution < -0.4 is 5.32 Å². The molecule has 17 heavy (non-hydrogen) atoms. The first-order valence-electron chi connectivity index (χ1n) is 7.07.